The molecule has 1 saturated heterocycles. The lowest BCUT2D eigenvalue weighted by atomic mass is 9.65. The van der Waals surface area contributed by atoms with Crippen LogP contribution >= 0.6 is 12.2 Å². The van der Waals surface area contributed by atoms with Crippen LogP contribution < -0.4 is 5.32 Å². The summed E-state index contributed by atoms with van der Waals surface area (Å²) in [5.74, 6) is 0. The van der Waals surface area contributed by atoms with Gasteiger partial charge in [-0.15, -0.1) is 0 Å². The topological polar surface area (TPSA) is 15.3 Å². The van der Waals surface area contributed by atoms with Crippen molar-refractivity contribution in [1.82, 2.24) is 4.90 Å². The number of hydrogen-bond donors (Lipinski definition) is 1. The molecular weight excluding hydrogens is 276 g/mol. The van der Waals surface area contributed by atoms with Gasteiger partial charge in [-0.05, 0) is 60.9 Å². The Morgan fingerprint density at radius 2 is 1.95 bits per heavy atom. The van der Waals surface area contributed by atoms with Gasteiger partial charge < -0.3 is 10.2 Å². The summed E-state index contributed by atoms with van der Waals surface area (Å²) in [7, 11) is 0. The molecule has 3 rings (SSSR count). The van der Waals surface area contributed by atoms with Crippen LogP contribution in [0.4, 0.5) is 5.69 Å². The Morgan fingerprint density at radius 3 is 2.67 bits per heavy atom. The van der Waals surface area contributed by atoms with Gasteiger partial charge in [0.15, 0.2) is 5.11 Å². The van der Waals surface area contributed by atoms with Crippen molar-refractivity contribution in [2.75, 3.05) is 11.9 Å². The van der Waals surface area contributed by atoms with E-state index in [9.17, 15) is 0 Å². The lowest BCUT2D eigenvalue weighted by Gasteiger charge is -2.39. The first-order valence-corrected chi connectivity index (χ1v) is 8.32. The third-order valence-electron chi connectivity index (χ3n) is 5.06. The number of fused-ring (bicyclic) bond motifs is 2. The Balaban J connectivity index is 1.76. The SMILES string of the molecule is Cc1ccccc1NC(=S)N1CC2(C)CC1CC(C)(C)C2. The van der Waals surface area contributed by atoms with Gasteiger partial charge in [0.05, 0.1) is 0 Å². The third-order valence-corrected chi connectivity index (χ3v) is 5.40. The number of nitrogens with one attached hydrogen (secondary N) is 1. The van der Waals surface area contributed by atoms with Gasteiger partial charge >= 0.3 is 0 Å². The summed E-state index contributed by atoms with van der Waals surface area (Å²) >= 11 is 5.72. The highest BCUT2D eigenvalue weighted by atomic mass is 32.1. The molecule has 2 unspecified atom stereocenters. The summed E-state index contributed by atoms with van der Waals surface area (Å²) in [6, 6.07) is 8.95. The quantitative estimate of drug-likeness (QED) is 0.764. The number of para-hydroxylation sites is 1. The molecule has 1 aromatic carbocycles. The fraction of sp³-hybridized carbons (Fsp3) is 0.611. The van der Waals surface area contributed by atoms with E-state index < -0.39 is 0 Å². The Labute approximate surface area is 133 Å². The van der Waals surface area contributed by atoms with E-state index in [0.29, 0.717) is 16.9 Å². The molecule has 2 fully saturated rings. The van der Waals surface area contributed by atoms with Gasteiger partial charge in [0.1, 0.15) is 0 Å². The molecule has 0 radical (unpaired) electrons. The molecule has 2 nitrogen and oxygen atoms in total. The molecule has 2 bridgehead atoms. The van der Waals surface area contributed by atoms with E-state index >= 15 is 0 Å². The number of hydrogen-bond acceptors (Lipinski definition) is 1. The highest BCUT2D eigenvalue weighted by molar-refractivity contribution is 7.80. The molecule has 2 atom stereocenters. The lowest BCUT2D eigenvalue weighted by Crippen LogP contribution is -2.40. The highest BCUT2D eigenvalue weighted by Gasteiger charge is 2.50. The van der Waals surface area contributed by atoms with Gasteiger partial charge in [0.2, 0.25) is 0 Å². The van der Waals surface area contributed by atoms with Crippen LogP contribution in [0.1, 0.15) is 45.6 Å². The first-order chi connectivity index (χ1) is 9.78. The van der Waals surface area contributed by atoms with Crippen molar-refractivity contribution in [3.63, 3.8) is 0 Å². The molecule has 2 aliphatic rings. The van der Waals surface area contributed by atoms with Crippen LogP contribution in [0, 0.1) is 17.8 Å². The molecule has 3 heteroatoms. The standard InChI is InChI=1S/C18H26N2S/c1-13-7-5-6-8-15(13)19-16(21)20-12-18(4)10-14(20)9-17(2,3)11-18/h5-8,14H,9-12H2,1-4H3,(H,19,21). The third kappa shape index (κ3) is 2.94. The molecule has 1 aliphatic carbocycles. The van der Waals surface area contributed by atoms with Crippen molar-refractivity contribution < 1.29 is 0 Å². The molecule has 114 valence electrons. The maximum atomic E-state index is 5.72. The summed E-state index contributed by atoms with van der Waals surface area (Å²) in [6.07, 6.45) is 3.84. The minimum absolute atomic E-state index is 0.421. The number of rotatable bonds is 1. The first-order valence-electron chi connectivity index (χ1n) is 7.91. The maximum absolute atomic E-state index is 5.72. The molecule has 1 N–H and O–H groups in total. The summed E-state index contributed by atoms with van der Waals surface area (Å²) in [4.78, 5) is 2.44. The van der Waals surface area contributed by atoms with E-state index in [2.05, 4.69) is 62.2 Å². The molecule has 1 heterocycles. The number of likely N-dealkylation sites (tertiary alicyclic amines) is 1. The zero-order chi connectivity index (χ0) is 15.3. The smallest absolute Gasteiger partial charge is 0.173 e. The van der Waals surface area contributed by atoms with Crippen LogP contribution in [0.3, 0.4) is 0 Å². The summed E-state index contributed by atoms with van der Waals surface area (Å²) in [5.41, 5.74) is 3.23. The predicted octanol–water partition coefficient (Wildman–Crippen LogP) is 4.59. The first kappa shape index (κ1) is 14.8. The van der Waals surface area contributed by atoms with Crippen LogP contribution in [0.15, 0.2) is 24.3 Å². The second-order valence-corrected chi connectivity index (χ2v) is 8.47. The number of nitrogens with zero attached hydrogens (tertiary/aromatic N) is 1. The zero-order valence-corrected chi connectivity index (χ0v) is 14.4. The number of thiocarbonyl (C=S) groups is 1. The average molecular weight is 302 g/mol. The zero-order valence-electron chi connectivity index (χ0n) is 13.6. The Kier molecular flexibility index (Phi) is 3.52. The van der Waals surface area contributed by atoms with E-state index in [4.69, 9.17) is 12.2 Å². The number of benzene rings is 1. The Morgan fingerprint density at radius 1 is 1.24 bits per heavy atom. The highest BCUT2D eigenvalue weighted by Crippen LogP contribution is 2.52. The number of anilines is 1. The summed E-state index contributed by atoms with van der Waals surface area (Å²) < 4.78 is 0. The van der Waals surface area contributed by atoms with Crippen LogP contribution in [0.5, 0.6) is 0 Å². The predicted molar refractivity (Wildman–Crippen MR) is 93.6 cm³/mol. The van der Waals surface area contributed by atoms with Gasteiger partial charge in [0, 0.05) is 18.3 Å². The van der Waals surface area contributed by atoms with E-state index in [1.165, 1.54) is 24.8 Å². The normalized spacial score (nSPS) is 30.3. The van der Waals surface area contributed by atoms with Gasteiger partial charge in [0.25, 0.3) is 0 Å². The van der Waals surface area contributed by atoms with E-state index in [1.807, 2.05) is 0 Å². The van der Waals surface area contributed by atoms with Crippen molar-refractivity contribution in [1.29, 1.82) is 0 Å². The molecule has 0 aromatic heterocycles. The van der Waals surface area contributed by atoms with Crippen molar-refractivity contribution in [3.05, 3.63) is 29.8 Å². The van der Waals surface area contributed by atoms with E-state index in [1.54, 1.807) is 0 Å². The fourth-order valence-electron chi connectivity index (χ4n) is 4.60. The molecule has 0 amide bonds. The van der Waals surface area contributed by atoms with Crippen molar-refractivity contribution in [2.45, 2.75) is 53.0 Å². The second kappa shape index (κ2) is 4.98. The maximum Gasteiger partial charge on any atom is 0.173 e. The molecular formula is C18H26N2S. The monoisotopic (exact) mass is 302 g/mol. The average Bonchev–Trinajstić information content (AvgIpc) is 2.61. The minimum atomic E-state index is 0.421. The molecule has 1 saturated carbocycles. The molecule has 0 spiro atoms. The van der Waals surface area contributed by atoms with Crippen LogP contribution in [0.25, 0.3) is 0 Å². The van der Waals surface area contributed by atoms with Gasteiger partial charge in [-0.3, -0.25) is 0 Å². The molecule has 1 aliphatic heterocycles. The molecule has 21 heavy (non-hydrogen) atoms. The minimum Gasteiger partial charge on any atom is -0.345 e. The van der Waals surface area contributed by atoms with Gasteiger partial charge in [-0.25, -0.2) is 0 Å². The molecule has 1 aromatic rings. The fourth-order valence-corrected chi connectivity index (χ4v) is 4.92. The van der Waals surface area contributed by atoms with Crippen LogP contribution in [-0.2, 0) is 0 Å². The Hall–Kier alpha value is -1.09. The van der Waals surface area contributed by atoms with Crippen molar-refractivity contribution in [2.24, 2.45) is 10.8 Å². The lowest BCUT2D eigenvalue weighted by molar-refractivity contribution is 0.132. The van der Waals surface area contributed by atoms with Gasteiger partial charge in [-0.1, -0.05) is 39.0 Å². The van der Waals surface area contributed by atoms with E-state index in [0.717, 1.165) is 17.3 Å². The summed E-state index contributed by atoms with van der Waals surface area (Å²) in [6.45, 7) is 10.4. The summed E-state index contributed by atoms with van der Waals surface area (Å²) in [5, 5.41) is 4.37. The van der Waals surface area contributed by atoms with Crippen LogP contribution in [0.2, 0.25) is 0 Å². The van der Waals surface area contributed by atoms with Gasteiger partial charge in [-0.2, -0.15) is 0 Å². The van der Waals surface area contributed by atoms with Crippen molar-refractivity contribution in [3.8, 4) is 0 Å². The Bertz CT molecular complexity index is 566. The van der Waals surface area contributed by atoms with Crippen molar-refractivity contribution >= 4 is 23.0 Å². The largest absolute Gasteiger partial charge is 0.345 e. The number of aryl methyl sites for hydroxylation is 1. The van der Waals surface area contributed by atoms with Crippen LogP contribution in [-0.4, -0.2) is 22.6 Å². The second-order valence-electron chi connectivity index (χ2n) is 8.09. The van der Waals surface area contributed by atoms with E-state index in [-0.39, 0.29) is 0 Å².